The molecule has 1 unspecified atom stereocenters. The first kappa shape index (κ1) is 9.51. The van der Waals surface area contributed by atoms with Gasteiger partial charge in [0.25, 0.3) is 0 Å². The van der Waals surface area contributed by atoms with Gasteiger partial charge in [-0.25, -0.2) is 0 Å². The monoisotopic (exact) mass is 182 g/mol. The third kappa shape index (κ3) is 1.76. The molecular weight excluding hydrogens is 160 g/mol. The SMILES string of the molecule is CC(C)(C)[C@@H]1CCC2(CCOC2)C1. The molecule has 1 saturated carbocycles. The van der Waals surface area contributed by atoms with E-state index in [1.54, 1.807) is 0 Å². The largest absolute Gasteiger partial charge is 0.381 e. The molecule has 0 aromatic rings. The summed E-state index contributed by atoms with van der Waals surface area (Å²) in [5, 5.41) is 0. The molecule has 2 rings (SSSR count). The van der Waals surface area contributed by atoms with E-state index < -0.39 is 0 Å². The standard InChI is InChI=1S/C12H22O/c1-11(2,3)10-4-5-12(8-10)6-7-13-9-12/h10H,4-9H2,1-3H3/t10-,12?/m1/s1. The molecule has 0 N–H and O–H groups in total. The second-order valence-electron chi connectivity index (χ2n) is 6.11. The topological polar surface area (TPSA) is 9.23 Å². The molecule has 1 spiro atoms. The van der Waals surface area contributed by atoms with Crippen LogP contribution in [0.3, 0.4) is 0 Å². The average molecular weight is 182 g/mol. The summed E-state index contributed by atoms with van der Waals surface area (Å²) in [5.74, 6) is 0.925. The van der Waals surface area contributed by atoms with Crippen molar-refractivity contribution in [1.82, 2.24) is 0 Å². The molecule has 0 radical (unpaired) electrons. The maximum atomic E-state index is 5.54. The Hall–Kier alpha value is -0.0400. The molecule has 0 aromatic carbocycles. The summed E-state index contributed by atoms with van der Waals surface area (Å²) < 4.78 is 5.54. The lowest BCUT2D eigenvalue weighted by Crippen LogP contribution is -2.22. The second-order valence-corrected chi connectivity index (χ2v) is 6.11. The van der Waals surface area contributed by atoms with Crippen molar-refractivity contribution in [2.45, 2.75) is 46.5 Å². The fraction of sp³-hybridized carbons (Fsp3) is 1.00. The van der Waals surface area contributed by atoms with Gasteiger partial charge in [-0.1, -0.05) is 20.8 Å². The van der Waals surface area contributed by atoms with Crippen LogP contribution < -0.4 is 0 Å². The van der Waals surface area contributed by atoms with Crippen LogP contribution in [-0.4, -0.2) is 13.2 Å². The molecule has 0 bridgehead atoms. The van der Waals surface area contributed by atoms with E-state index in [4.69, 9.17) is 4.74 Å². The highest BCUT2D eigenvalue weighted by Gasteiger charge is 2.45. The Morgan fingerprint density at radius 3 is 2.46 bits per heavy atom. The zero-order chi connectivity index (χ0) is 9.53. The van der Waals surface area contributed by atoms with Crippen molar-refractivity contribution in [3.8, 4) is 0 Å². The van der Waals surface area contributed by atoms with Gasteiger partial charge in [0.15, 0.2) is 0 Å². The summed E-state index contributed by atoms with van der Waals surface area (Å²) in [6.45, 7) is 9.20. The van der Waals surface area contributed by atoms with Gasteiger partial charge in [0.05, 0.1) is 6.61 Å². The molecule has 2 fully saturated rings. The van der Waals surface area contributed by atoms with E-state index >= 15 is 0 Å². The molecule has 0 amide bonds. The zero-order valence-corrected chi connectivity index (χ0v) is 9.23. The minimum absolute atomic E-state index is 0.506. The third-order valence-corrected chi connectivity index (χ3v) is 4.11. The molecule has 0 aromatic heterocycles. The normalized spacial score (nSPS) is 40.4. The highest BCUT2D eigenvalue weighted by atomic mass is 16.5. The van der Waals surface area contributed by atoms with Gasteiger partial charge in [0.1, 0.15) is 0 Å². The lowest BCUT2D eigenvalue weighted by molar-refractivity contribution is 0.143. The van der Waals surface area contributed by atoms with Crippen molar-refractivity contribution in [3.05, 3.63) is 0 Å². The van der Waals surface area contributed by atoms with Crippen LogP contribution in [0.4, 0.5) is 0 Å². The summed E-state index contributed by atoms with van der Waals surface area (Å²) in [6, 6.07) is 0. The van der Waals surface area contributed by atoms with Crippen LogP contribution in [0.15, 0.2) is 0 Å². The van der Waals surface area contributed by atoms with E-state index in [0.29, 0.717) is 10.8 Å². The van der Waals surface area contributed by atoms with Gasteiger partial charge in [-0.2, -0.15) is 0 Å². The Morgan fingerprint density at radius 1 is 1.23 bits per heavy atom. The summed E-state index contributed by atoms with van der Waals surface area (Å²) in [7, 11) is 0. The molecule has 1 aliphatic carbocycles. The van der Waals surface area contributed by atoms with Crippen LogP contribution in [0.25, 0.3) is 0 Å². The van der Waals surface area contributed by atoms with Gasteiger partial charge in [-0.15, -0.1) is 0 Å². The molecule has 76 valence electrons. The van der Waals surface area contributed by atoms with E-state index in [9.17, 15) is 0 Å². The smallest absolute Gasteiger partial charge is 0.0523 e. The van der Waals surface area contributed by atoms with Gasteiger partial charge >= 0.3 is 0 Å². The van der Waals surface area contributed by atoms with E-state index in [0.717, 1.165) is 19.1 Å². The summed E-state index contributed by atoms with van der Waals surface area (Å²) in [5.41, 5.74) is 1.10. The fourth-order valence-electron chi connectivity index (χ4n) is 2.95. The van der Waals surface area contributed by atoms with Gasteiger partial charge in [0, 0.05) is 6.61 Å². The number of hydrogen-bond acceptors (Lipinski definition) is 1. The first-order valence-electron chi connectivity index (χ1n) is 5.60. The van der Waals surface area contributed by atoms with E-state index in [-0.39, 0.29) is 0 Å². The van der Waals surface area contributed by atoms with Crippen molar-refractivity contribution in [2.75, 3.05) is 13.2 Å². The molecule has 1 saturated heterocycles. The highest BCUT2D eigenvalue weighted by molar-refractivity contribution is 4.94. The maximum Gasteiger partial charge on any atom is 0.0523 e. The third-order valence-electron chi connectivity index (χ3n) is 4.11. The molecule has 2 atom stereocenters. The van der Waals surface area contributed by atoms with E-state index in [2.05, 4.69) is 20.8 Å². The van der Waals surface area contributed by atoms with Crippen LogP contribution in [0.2, 0.25) is 0 Å². The van der Waals surface area contributed by atoms with Crippen molar-refractivity contribution >= 4 is 0 Å². The molecular formula is C12H22O. The fourth-order valence-corrected chi connectivity index (χ4v) is 2.95. The molecule has 13 heavy (non-hydrogen) atoms. The lowest BCUT2D eigenvalue weighted by Gasteiger charge is -2.29. The van der Waals surface area contributed by atoms with Gasteiger partial charge in [-0.3, -0.25) is 0 Å². The highest BCUT2D eigenvalue weighted by Crippen LogP contribution is 2.52. The van der Waals surface area contributed by atoms with E-state index in [1.807, 2.05) is 0 Å². The first-order valence-corrected chi connectivity index (χ1v) is 5.60. The Labute approximate surface area is 81.9 Å². The predicted molar refractivity (Wildman–Crippen MR) is 54.7 cm³/mol. The molecule has 2 aliphatic rings. The maximum absolute atomic E-state index is 5.54. The first-order chi connectivity index (χ1) is 6.02. The zero-order valence-electron chi connectivity index (χ0n) is 9.23. The molecule has 1 aliphatic heterocycles. The van der Waals surface area contributed by atoms with Gasteiger partial charge in [-0.05, 0) is 42.4 Å². The van der Waals surface area contributed by atoms with Crippen molar-refractivity contribution < 1.29 is 4.74 Å². The minimum Gasteiger partial charge on any atom is -0.381 e. The van der Waals surface area contributed by atoms with Gasteiger partial charge < -0.3 is 4.74 Å². The van der Waals surface area contributed by atoms with Crippen LogP contribution in [0.5, 0.6) is 0 Å². The molecule has 1 heterocycles. The van der Waals surface area contributed by atoms with Crippen LogP contribution >= 0.6 is 0 Å². The average Bonchev–Trinajstić information content (AvgIpc) is 2.60. The van der Waals surface area contributed by atoms with E-state index in [1.165, 1.54) is 25.7 Å². The lowest BCUT2D eigenvalue weighted by atomic mass is 9.76. The van der Waals surface area contributed by atoms with Crippen LogP contribution in [0, 0.1) is 16.7 Å². The van der Waals surface area contributed by atoms with Crippen molar-refractivity contribution in [1.29, 1.82) is 0 Å². The number of rotatable bonds is 0. The Bertz CT molecular complexity index is 184. The van der Waals surface area contributed by atoms with Crippen LogP contribution in [0.1, 0.15) is 46.5 Å². The summed E-state index contributed by atoms with van der Waals surface area (Å²) in [4.78, 5) is 0. The number of hydrogen-bond donors (Lipinski definition) is 0. The summed E-state index contributed by atoms with van der Waals surface area (Å²) in [6.07, 6.45) is 5.57. The quantitative estimate of drug-likeness (QED) is 0.559. The van der Waals surface area contributed by atoms with Crippen molar-refractivity contribution in [2.24, 2.45) is 16.7 Å². The Balaban J connectivity index is 2.01. The Morgan fingerprint density at radius 2 is 2.00 bits per heavy atom. The molecule has 1 heteroatoms. The number of ether oxygens (including phenoxy) is 1. The second kappa shape index (κ2) is 2.98. The minimum atomic E-state index is 0.506. The van der Waals surface area contributed by atoms with Gasteiger partial charge in [0.2, 0.25) is 0 Å². The summed E-state index contributed by atoms with van der Waals surface area (Å²) >= 11 is 0. The van der Waals surface area contributed by atoms with Crippen LogP contribution in [-0.2, 0) is 4.74 Å². The molecule has 1 nitrogen and oxygen atoms in total. The van der Waals surface area contributed by atoms with Crippen molar-refractivity contribution in [3.63, 3.8) is 0 Å². The predicted octanol–water partition coefficient (Wildman–Crippen LogP) is 3.24. The Kier molecular flexibility index (Phi) is 2.18.